The molecule has 0 aliphatic carbocycles. The monoisotopic (exact) mass is 576 g/mol. The number of carbonyl (C=O) groups excluding carboxylic acids is 1. The number of hydrogen-bond donors (Lipinski definition) is 1. The lowest BCUT2D eigenvalue weighted by Gasteiger charge is -2.52. The standard InChI is InChI=1S/C30H34ClFN8O/c1-7-23(41)40-11-10-38(14-18(40)3)28-19-12-21(31)25(24-17(2)8-9-22-20(24)13-33-36-22)26(32)27(19)34-29(35-28)39-15-30(4,16-39)37(5)6/h7-9,12-13,18H,1,10-11,14-16H2,2-6H3,(H,33,36). The molecule has 9 nitrogen and oxygen atoms in total. The van der Waals surface area contributed by atoms with Crippen molar-refractivity contribution in [3.05, 3.63) is 53.5 Å². The van der Waals surface area contributed by atoms with Crippen LogP contribution in [-0.4, -0.2) is 94.3 Å². The number of hydrogen-bond acceptors (Lipinski definition) is 7. The number of fused-ring (bicyclic) bond motifs is 2. The van der Waals surface area contributed by atoms with E-state index in [-0.39, 0.29) is 28.0 Å². The molecule has 1 amide bonds. The fraction of sp³-hybridized carbons (Fsp3) is 0.400. The number of rotatable bonds is 5. The molecular weight excluding hydrogens is 543 g/mol. The van der Waals surface area contributed by atoms with Crippen molar-refractivity contribution in [3.63, 3.8) is 0 Å². The van der Waals surface area contributed by atoms with Crippen LogP contribution in [0.1, 0.15) is 19.4 Å². The number of H-pyrrole nitrogens is 1. The first-order valence-electron chi connectivity index (χ1n) is 13.8. The molecule has 11 heteroatoms. The smallest absolute Gasteiger partial charge is 0.246 e. The van der Waals surface area contributed by atoms with Crippen molar-refractivity contribution in [2.75, 3.05) is 56.6 Å². The highest BCUT2D eigenvalue weighted by atomic mass is 35.5. The molecule has 1 atom stereocenters. The van der Waals surface area contributed by atoms with Gasteiger partial charge in [-0.05, 0) is 58.6 Å². The molecule has 2 fully saturated rings. The molecule has 4 heterocycles. The van der Waals surface area contributed by atoms with Gasteiger partial charge in [-0.15, -0.1) is 0 Å². The Morgan fingerprint density at radius 1 is 1.20 bits per heavy atom. The minimum absolute atomic E-state index is 0.0264. The summed E-state index contributed by atoms with van der Waals surface area (Å²) in [6, 6.07) is 5.55. The van der Waals surface area contributed by atoms with Gasteiger partial charge in [0.2, 0.25) is 11.9 Å². The van der Waals surface area contributed by atoms with Gasteiger partial charge in [0.05, 0.1) is 22.3 Å². The van der Waals surface area contributed by atoms with E-state index in [1.165, 1.54) is 6.08 Å². The number of halogens is 2. The number of likely N-dealkylation sites (N-methyl/N-ethyl adjacent to an activating group) is 1. The average molecular weight is 577 g/mol. The Balaban J connectivity index is 1.52. The lowest BCUT2D eigenvalue weighted by Crippen LogP contribution is -2.67. The normalized spacial score (nSPS) is 18.8. The van der Waals surface area contributed by atoms with Crippen molar-refractivity contribution < 1.29 is 9.18 Å². The minimum atomic E-state index is -0.487. The van der Waals surface area contributed by atoms with Gasteiger partial charge in [-0.2, -0.15) is 10.1 Å². The van der Waals surface area contributed by atoms with Gasteiger partial charge in [-0.3, -0.25) is 9.89 Å². The van der Waals surface area contributed by atoms with Crippen molar-refractivity contribution in [1.29, 1.82) is 0 Å². The van der Waals surface area contributed by atoms with Gasteiger partial charge in [-0.1, -0.05) is 24.2 Å². The number of nitrogens with zero attached hydrogens (tertiary/aromatic N) is 7. The van der Waals surface area contributed by atoms with Crippen molar-refractivity contribution in [2.45, 2.75) is 32.4 Å². The zero-order valence-corrected chi connectivity index (χ0v) is 24.8. The van der Waals surface area contributed by atoms with Gasteiger partial charge in [0.15, 0.2) is 5.82 Å². The zero-order chi connectivity index (χ0) is 29.2. The highest BCUT2D eigenvalue weighted by Crippen LogP contribution is 2.43. The van der Waals surface area contributed by atoms with E-state index in [9.17, 15) is 4.79 Å². The number of carbonyl (C=O) groups is 1. The summed E-state index contributed by atoms with van der Waals surface area (Å²) >= 11 is 6.89. The van der Waals surface area contributed by atoms with E-state index in [0.29, 0.717) is 47.9 Å². The summed E-state index contributed by atoms with van der Waals surface area (Å²) < 4.78 is 16.8. The quantitative estimate of drug-likeness (QED) is 0.347. The van der Waals surface area contributed by atoms with Crippen LogP contribution in [0.4, 0.5) is 16.2 Å². The maximum absolute atomic E-state index is 16.8. The van der Waals surface area contributed by atoms with Gasteiger partial charge in [-0.25, -0.2) is 9.37 Å². The van der Waals surface area contributed by atoms with E-state index in [1.54, 1.807) is 17.2 Å². The van der Waals surface area contributed by atoms with Crippen LogP contribution in [0.25, 0.3) is 32.9 Å². The SMILES string of the molecule is C=CC(=O)N1CCN(c2nc(N3CC(C)(N(C)C)C3)nc3c(F)c(-c4c(C)ccc5[nH]ncc45)c(Cl)cc23)CC1C. The van der Waals surface area contributed by atoms with Gasteiger partial charge >= 0.3 is 0 Å². The lowest BCUT2D eigenvalue weighted by molar-refractivity contribution is -0.128. The first-order chi connectivity index (χ1) is 19.5. The second kappa shape index (κ2) is 9.95. The summed E-state index contributed by atoms with van der Waals surface area (Å²) in [7, 11) is 4.12. The third-order valence-electron chi connectivity index (χ3n) is 8.74. The summed E-state index contributed by atoms with van der Waals surface area (Å²) in [5.74, 6) is 0.510. The Kier molecular flexibility index (Phi) is 6.66. The summed E-state index contributed by atoms with van der Waals surface area (Å²) in [6.45, 7) is 12.8. The van der Waals surface area contributed by atoms with Crippen LogP contribution in [0.3, 0.4) is 0 Å². The largest absolute Gasteiger partial charge is 0.352 e. The molecule has 41 heavy (non-hydrogen) atoms. The van der Waals surface area contributed by atoms with Crippen LogP contribution in [0.15, 0.2) is 37.1 Å². The molecule has 1 N–H and O–H groups in total. The molecule has 2 aromatic carbocycles. The second-order valence-electron chi connectivity index (χ2n) is 11.7. The van der Waals surface area contributed by atoms with E-state index in [2.05, 4.69) is 52.5 Å². The number of benzene rings is 2. The summed E-state index contributed by atoms with van der Waals surface area (Å²) in [5.41, 5.74) is 2.87. The van der Waals surface area contributed by atoms with E-state index in [1.807, 2.05) is 26.0 Å². The molecule has 4 aromatic rings. The highest BCUT2D eigenvalue weighted by molar-refractivity contribution is 6.35. The molecule has 0 spiro atoms. The third kappa shape index (κ3) is 4.40. The third-order valence-corrected chi connectivity index (χ3v) is 9.04. The van der Waals surface area contributed by atoms with Gasteiger partial charge in [0.25, 0.3) is 0 Å². The summed E-state index contributed by atoms with van der Waals surface area (Å²) in [6.07, 6.45) is 3.04. The zero-order valence-electron chi connectivity index (χ0n) is 24.0. The van der Waals surface area contributed by atoms with E-state index < -0.39 is 5.82 Å². The molecular formula is C30H34ClFN8O. The van der Waals surface area contributed by atoms with Gasteiger partial charge < -0.3 is 19.6 Å². The molecule has 6 rings (SSSR count). The average Bonchev–Trinajstić information content (AvgIpc) is 3.40. The lowest BCUT2D eigenvalue weighted by atomic mass is 9.91. The van der Waals surface area contributed by atoms with E-state index >= 15 is 4.39 Å². The minimum Gasteiger partial charge on any atom is -0.352 e. The predicted molar refractivity (Wildman–Crippen MR) is 162 cm³/mol. The van der Waals surface area contributed by atoms with Crippen LogP contribution in [0.5, 0.6) is 0 Å². The fourth-order valence-electron chi connectivity index (χ4n) is 6.03. The van der Waals surface area contributed by atoms with E-state index in [0.717, 1.165) is 29.6 Å². The summed E-state index contributed by atoms with van der Waals surface area (Å²) in [4.78, 5) is 30.4. The number of aromatic amines is 1. The number of nitrogens with one attached hydrogen (secondary N) is 1. The molecule has 2 aromatic heterocycles. The molecule has 2 aliphatic heterocycles. The summed E-state index contributed by atoms with van der Waals surface area (Å²) in [5, 5.41) is 8.76. The van der Waals surface area contributed by atoms with Crippen molar-refractivity contribution in [1.82, 2.24) is 30.0 Å². The fourth-order valence-corrected chi connectivity index (χ4v) is 6.32. The number of anilines is 2. The maximum atomic E-state index is 16.8. The first kappa shape index (κ1) is 27.4. The Bertz CT molecular complexity index is 1700. The van der Waals surface area contributed by atoms with Crippen LogP contribution >= 0.6 is 11.6 Å². The molecule has 0 saturated carbocycles. The Morgan fingerprint density at radius 2 is 1.95 bits per heavy atom. The Hall–Kier alpha value is -3.76. The number of piperazine rings is 1. The first-order valence-corrected chi connectivity index (χ1v) is 14.1. The number of aromatic nitrogens is 4. The second-order valence-corrected chi connectivity index (χ2v) is 12.1. The van der Waals surface area contributed by atoms with Crippen LogP contribution in [-0.2, 0) is 4.79 Å². The maximum Gasteiger partial charge on any atom is 0.246 e. The highest BCUT2D eigenvalue weighted by Gasteiger charge is 2.42. The van der Waals surface area contributed by atoms with Crippen molar-refractivity contribution >= 4 is 51.1 Å². The Labute approximate surface area is 243 Å². The number of aryl methyl sites for hydroxylation is 1. The topological polar surface area (TPSA) is 84.5 Å². The molecule has 1 unspecified atom stereocenters. The van der Waals surface area contributed by atoms with E-state index in [4.69, 9.17) is 21.6 Å². The van der Waals surface area contributed by atoms with Crippen molar-refractivity contribution in [2.24, 2.45) is 0 Å². The van der Waals surface area contributed by atoms with Crippen LogP contribution in [0, 0.1) is 12.7 Å². The van der Waals surface area contributed by atoms with Crippen LogP contribution in [0.2, 0.25) is 5.02 Å². The molecule has 2 saturated heterocycles. The Morgan fingerprint density at radius 3 is 2.63 bits per heavy atom. The molecule has 2 aliphatic rings. The van der Waals surface area contributed by atoms with Gasteiger partial charge in [0.1, 0.15) is 11.3 Å². The molecule has 0 bridgehead atoms. The molecule has 214 valence electrons. The van der Waals surface area contributed by atoms with Gasteiger partial charge in [0, 0.05) is 60.7 Å². The van der Waals surface area contributed by atoms with Crippen LogP contribution < -0.4 is 9.80 Å². The molecule has 0 radical (unpaired) electrons. The predicted octanol–water partition coefficient (Wildman–Crippen LogP) is 4.64. The van der Waals surface area contributed by atoms with Crippen molar-refractivity contribution in [3.8, 4) is 11.1 Å². The number of amides is 1.